The third-order valence-corrected chi connectivity index (χ3v) is 4.37. The van der Waals surface area contributed by atoms with Crippen LogP contribution in [-0.2, 0) is 9.53 Å². The number of rotatable bonds is 2. The summed E-state index contributed by atoms with van der Waals surface area (Å²) in [4.78, 5) is 28.5. The first-order chi connectivity index (χ1) is 11.6. The van der Waals surface area contributed by atoms with E-state index in [0.717, 1.165) is 6.54 Å². The predicted molar refractivity (Wildman–Crippen MR) is 93.4 cm³/mol. The Labute approximate surface area is 152 Å². The first-order valence-electron chi connectivity index (χ1n) is 8.31. The lowest BCUT2D eigenvalue weighted by Crippen LogP contribution is -2.50. The summed E-state index contributed by atoms with van der Waals surface area (Å²) in [6.45, 7) is 3.91. The van der Waals surface area contributed by atoms with E-state index in [0.29, 0.717) is 51.3 Å². The van der Waals surface area contributed by atoms with Crippen molar-refractivity contribution in [2.75, 3.05) is 45.9 Å². The van der Waals surface area contributed by atoms with Gasteiger partial charge in [0.1, 0.15) is 11.9 Å². The second-order valence-electron chi connectivity index (χ2n) is 6.04. The molecule has 2 saturated heterocycles. The van der Waals surface area contributed by atoms with Gasteiger partial charge >= 0.3 is 0 Å². The molecule has 1 unspecified atom stereocenters. The molecule has 6 nitrogen and oxygen atoms in total. The van der Waals surface area contributed by atoms with Crippen molar-refractivity contribution in [3.8, 4) is 0 Å². The first kappa shape index (κ1) is 19.6. The standard InChI is InChI=1S/C17H22FN3O3.ClH/c18-14-4-1-3-13(11-14)16(22)20-6-2-7-21(9-8-20)17(23)15-12-19-5-10-24-15;/h1,3-4,11,15,19H,2,5-10,12H2;1H. The molecule has 1 atom stereocenters. The lowest BCUT2D eigenvalue weighted by Gasteiger charge is -2.29. The lowest BCUT2D eigenvalue weighted by molar-refractivity contribution is -0.145. The van der Waals surface area contributed by atoms with E-state index in [1.807, 2.05) is 0 Å². The fourth-order valence-electron chi connectivity index (χ4n) is 3.07. The molecule has 2 aliphatic rings. The minimum Gasteiger partial charge on any atom is -0.366 e. The molecule has 25 heavy (non-hydrogen) atoms. The number of nitrogens with zero attached hydrogens (tertiary/aromatic N) is 2. The summed E-state index contributed by atoms with van der Waals surface area (Å²) < 4.78 is 18.8. The van der Waals surface area contributed by atoms with Gasteiger partial charge in [-0.1, -0.05) is 6.07 Å². The third kappa shape index (κ3) is 4.90. The van der Waals surface area contributed by atoms with E-state index >= 15 is 0 Å². The van der Waals surface area contributed by atoms with Gasteiger partial charge in [0.25, 0.3) is 11.8 Å². The van der Waals surface area contributed by atoms with Crippen LogP contribution in [0.1, 0.15) is 16.8 Å². The highest BCUT2D eigenvalue weighted by Crippen LogP contribution is 2.12. The molecule has 2 heterocycles. The number of hydrogen-bond donors (Lipinski definition) is 1. The smallest absolute Gasteiger partial charge is 0.254 e. The molecular formula is C17H23ClFN3O3. The molecule has 0 spiro atoms. The number of ether oxygens (including phenoxy) is 1. The van der Waals surface area contributed by atoms with Crippen LogP contribution in [0.2, 0.25) is 0 Å². The van der Waals surface area contributed by atoms with Crippen molar-refractivity contribution in [3.63, 3.8) is 0 Å². The predicted octanol–water partition coefficient (Wildman–Crippen LogP) is 0.910. The fourth-order valence-corrected chi connectivity index (χ4v) is 3.07. The summed E-state index contributed by atoms with van der Waals surface area (Å²) in [7, 11) is 0. The molecule has 138 valence electrons. The van der Waals surface area contributed by atoms with E-state index in [9.17, 15) is 14.0 Å². The number of hydrogen-bond acceptors (Lipinski definition) is 4. The Morgan fingerprint density at radius 1 is 1.16 bits per heavy atom. The molecule has 0 saturated carbocycles. The van der Waals surface area contributed by atoms with Crippen molar-refractivity contribution >= 4 is 24.2 Å². The van der Waals surface area contributed by atoms with Crippen LogP contribution in [0, 0.1) is 5.82 Å². The zero-order valence-corrected chi connectivity index (χ0v) is 14.8. The maximum absolute atomic E-state index is 13.3. The van der Waals surface area contributed by atoms with E-state index < -0.39 is 11.9 Å². The topological polar surface area (TPSA) is 61.9 Å². The SMILES string of the molecule is Cl.O=C(c1cccc(F)c1)N1CCCN(C(=O)C2CNCCO2)CC1. The Hall–Kier alpha value is -1.70. The number of morpholine rings is 1. The molecule has 1 aromatic carbocycles. The van der Waals surface area contributed by atoms with Gasteiger partial charge in [0.2, 0.25) is 0 Å². The highest BCUT2D eigenvalue weighted by molar-refractivity contribution is 5.94. The van der Waals surface area contributed by atoms with Gasteiger partial charge in [0.05, 0.1) is 6.61 Å². The molecular weight excluding hydrogens is 349 g/mol. The van der Waals surface area contributed by atoms with Crippen molar-refractivity contribution in [1.29, 1.82) is 0 Å². The minimum atomic E-state index is -0.441. The summed E-state index contributed by atoms with van der Waals surface area (Å²) in [6, 6.07) is 5.71. The van der Waals surface area contributed by atoms with Gasteiger partial charge in [0, 0.05) is 44.8 Å². The van der Waals surface area contributed by atoms with Gasteiger partial charge in [-0.05, 0) is 24.6 Å². The number of nitrogens with one attached hydrogen (secondary N) is 1. The third-order valence-electron chi connectivity index (χ3n) is 4.37. The first-order valence-corrected chi connectivity index (χ1v) is 8.31. The Balaban J connectivity index is 0.00000225. The Kier molecular flexibility index (Phi) is 7.16. The summed E-state index contributed by atoms with van der Waals surface area (Å²) in [6.07, 6.45) is 0.261. The van der Waals surface area contributed by atoms with Crippen LogP contribution in [0.4, 0.5) is 4.39 Å². The quantitative estimate of drug-likeness (QED) is 0.839. The fraction of sp³-hybridized carbons (Fsp3) is 0.529. The molecule has 3 rings (SSSR count). The number of carbonyl (C=O) groups excluding carboxylic acids is 2. The van der Waals surface area contributed by atoms with Crippen molar-refractivity contribution in [3.05, 3.63) is 35.6 Å². The molecule has 0 radical (unpaired) electrons. The second kappa shape index (κ2) is 9.12. The van der Waals surface area contributed by atoms with Crippen molar-refractivity contribution < 1.29 is 18.7 Å². The largest absolute Gasteiger partial charge is 0.366 e. The Morgan fingerprint density at radius 2 is 1.92 bits per heavy atom. The molecule has 1 aromatic rings. The Morgan fingerprint density at radius 3 is 2.64 bits per heavy atom. The van der Waals surface area contributed by atoms with Crippen LogP contribution in [0.25, 0.3) is 0 Å². The van der Waals surface area contributed by atoms with E-state index in [1.54, 1.807) is 15.9 Å². The van der Waals surface area contributed by atoms with E-state index in [4.69, 9.17) is 4.74 Å². The minimum absolute atomic E-state index is 0. The molecule has 0 aliphatic carbocycles. The number of halogens is 2. The Bertz CT molecular complexity index is 611. The average molecular weight is 372 g/mol. The highest BCUT2D eigenvalue weighted by atomic mass is 35.5. The van der Waals surface area contributed by atoms with Gasteiger partial charge in [-0.2, -0.15) is 0 Å². The van der Waals surface area contributed by atoms with Gasteiger partial charge in [-0.3, -0.25) is 9.59 Å². The van der Waals surface area contributed by atoms with Crippen molar-refractivity contribution in [1.82, 2.24) is 15.1 Å². The molecule has 2 fully saturated rings. The normalized spacial score (nSPS) is 21.2. The summed E-state index contributed by atoms with van der Waals surface area (Å²) in [5, 5.41) is 3.15. The summed E-state index contributed by atoms with van der Waals surface area (Å²) in [5.41, 5.74) is 0.342. The van der Waals surface area contributed by atoms with Crippen LogP contribution in [0.5, 0.6) is 0 Å². The summed E-state index contributed by atoms with van der Waals surface area (Å²) >= 11 is 0. The van der Waals surface area contributed by atoms with Crippen LogP contribution in [0.3, 0.4) is 0 Å². The van der Waals surface area contributed by atoms with Crippen LogP contribution in [0.15, 0.2) is 24.3 Å². The molecule has 2 aliphatic heterocycles. The zero-order chi connectivity index (χ0) is 16.9. The maximum atomic E-state index is 13.3. The molecule has 8 heteroatoms. The molecule has 0 aromatic heterocycles. The number of benzene rings is 1. The average Bonchev–Trinajstić information content (AvgIpc) is 2.87. The zero-order valence-electron chi connectivity index (χ0n) is 13.9. The van der Waals surface area contributed by atoms with Gasteiger partial charge < -0.3 is 19.9 Å². The highest BCUT2D eigenvalue weighted by Gasteiger charge is 2.29. The van der Waals surface area contributed by atoms with Crippen molar-refractivity contribution in [2.24, 2.45) is 0 Å². The molecule has 0 bridgehead atoms. The molecule has 1 N–H and O–H groups in total. The van der Waals surface area contributed by atoms with Crippen LogP contribution >= 0.6 is 12.4 Å². The number of amides is 2. The van der Waals surface area contributed by atoms with Gasteiger partial charge in [0.15, 0.2) is 0 Å². The van der Waals surface area contributed by atoms with Gasteiger partial charge in [-0.15, -0.1) is 12.4 Å². The van der Waals surface area contributed by atoms with E-state index in [1.165, 1.54) is 18.2 Å². The van der Waals surface area contributed by atoms with Crippen molar-refractivity contribution in [2.45, 2.75) is 12.5 Å². The monoisotopic (exact) mass is 371 g/mol. The van der Waals surface area contributed by atoms with E-state index in [-0.39, 0.29) is 24.2 Å². The second-order valence-corrected chi connectivity index (χ2v) is 6.04. The van der Waals surface area contributed by atoms with Gasteiger partial charge in [-0.25, -0.2) is 4.39 Å². The maximum Gasteiger partial charge on any atom is 0.254 e. The number of carbonyl (C=O) groups is 2. The summed E-state index contributed by atoms with van der Waals surface area (Å²) in [5.74, 6) is -0.643. The lowest BCUT2D eigenvalue weighted by atomic mass is 10.2. The molecule has 2 amide bonds. The van der Waals surface area contributed by atoms with E-state index in [2.05, 4.69) is 5.32 Å². The van der Waals surface area contributed by atoms with Crippen LogP contribution in [-0.4, -0.2) is 73.6 Å². The van der Waals surface area contributed by atoms with Crippen LogP contribution < -0.4 is 5.32 Å².